The SMILES string of the molecule is Fc1ccc(-c2cccnc2)c(OC2CC3CNCC2C3)c1. The van der Waals surface area contributed by atoms with Gasteiger partial charge in [-0.05, 0) is 43.5 Å². The van der Waals surface area contributed by atoms with Gasteiger partial charge in [-0.25, -0.2) is 4.39 Å². The summed E-state index contributed by atoms with van der Waals surface area (Å²) in [5.41, 5.74) is 1.86. The molecule has 0 spiro atoms. The summed E-state index contributed by atoms with van der Waals surface area (Å²) in [4.78, 5) is 4.15. The monoisotopic (exact) mass is 298 g/mol. The van der Waals surface area contributed by atoms with E-state index in [1.165, 1.54) is 18.6 Å². The molecule has 0 amide bonds. The number of piperidine rings is 1. The molecule has 1 N–H and O–H groups in total. The fourth-order valence-corrected chi connectivity index (χ4v) is 3.71. The third-order valence-electron chi connectivity index (χ3n) is 4.76. The molecule has 0 radical (unpaired) electrons. The van der Waals surface area contributed by atoms with Crippen molar-refractivity contribution in [3.63, 3.8) is 0 Å². The molecule has 1 saturated heterocycles. The van der Waals surface area contributed by atoms with E-state index in [0.29, 0.717) is 17.6 Å². The largest absolute Gasteiger partial charge is 0.489 e. The van der Waals surface area contributed by atoms with Crippen LogP contribution in [0.25, 0.3) is 11.1 Å². The molecule has 22 heavy (non-hydrogen) atoms. The van der Waals surface area contributed by atoms with Gasteiger partial charge in [0, 0.05) is 42.0 Å². The third kappa shape index (κ3) is 2.59. The molecule has 1 saturated carbocycles. The number of benzene rings is 1. The van der Waals surface area contributed by atoms with E-state index in [0.717, 1.165) is 30.6 Å². The Morgan fingerprint density at radius 1 is 1.18 bits per heavy atom. The van der Waals surface area contributed by atoms with Crippen LogP contribution in [0.1, 0.15) is 12.8 Å². The second kappa shape index (κ2) is 5.69. The average molecular weight is 298 g/mol. The number of nitrogens with zero attached hydrogens (tertiary/aromatic N) is 1. The lowest BCUT2D eigenvalue weighted by Gasteiger charge is -2.23. The van der Waals surface area contributed by atoms with E-state index in [2.05, 4.69) is 10.3 Å². The average Bonchev–Trinajstić information content (AvgIpc) is 2.82. The fourth-order valence-electron chi connectivity index (χ4n) is 3.71. The van der Waals surface area contributed by atoms with Crippen LogP contribution < -0.4 is 10.1 Å². The molecule has 3 unspecified atom stereocenters. The Labute approximate surface area is 129 Å². The molecule has 4 rings (SSSR count). The number of pyridine rings is 1. The molecule has 3 nitrogen and oxygen atoms in total. The van der Waals surface area contributed by atoms with Gasteiger partial charge in [0.05, 0.1) is 0 Å². The number of hydrogen-bond donors (Lipinski definition) is 1. The fraction of sp³-hybridized carbons (Fsp3) is 0.389. The molecule has 2 aliphatic rings. The van der Waals surface area contributed by atoms with Crippen LogP contribution in [0.4, 0.5) is 4.39 Å². The Kier molecular flexibility index (Phi) is 3.54. The van der Waals surface area contributed by atoms with Crippen LogP contribution >= 0.6 is 0 Å². The highest BCUT2D eigenvalue weighted by Gasteiger charge is 2.38. The molecule has 114 valence electrons. The first-order chi connectivity index (χ1) is 10.8. The summed E-state index contributed by atoms with van der Waals surface area (Å²) >= 11 is 0. The Morgan fingerprint density at radius 2 is 2.14 bits per heavy atom. The maximum absolute atomic E-state index is 13.7. The van der Waals surface area contributed by atoms with Crippen molar-refractivity contribution in [2.45, 2.75) is 18.9 Å². The Morgan fingerprint density at radius 3 is 2.95 bits per heavy atom. The first-order valence-electron chi connectivity index (χ1n) is 7.87. The van der Waals surface area contributed by atoms with Crippen molar-refractivity contribution >= 4 is 0 Å². The number of halogens is 1. The van der Waals surface area contributed by atoms with Crippen molar-refractivity contribution in [1.29, 1.82) is 0 Å². The highest BCUT2D eigenvalue weighted by molar-refractivity contribution is 5.69. The van der Waals surface area contributed by atoms with Gasteiger partial charge in [0.15, 0.2) is 0 Å². The second-order valence-electron chi connectivity index (χ2n) is 6.29. The summed E-state index contributed by atoms with van der Waals surface area (Å²) in [5, 5.41) is 3.46. The van der Waals surface area contributed by atoms with Crippen molar-refractivity contribution in [1.82, 2.24) is 10.3 Å². The van der Waals surface area contributed by atoms with E-state index >= 15 is 0 Å². The van der Waals surface area contributed by atoms with Crippen LogP contribution in [0, 0.1) is 17.7 Å². The van der Waals surface area contributed by atoms with Gasteiger partial charge >= 0.3 is 0 Å². The van der Waals surface area contributed by atoms with E-state index < -0.39 is 0 Å². The van der Waals surface area contributed by atoms with E-state index in [1.54, 1.807) is 18.5 Å². The van der Waals surface area contributed by atoms with Crippen molar-refractivity contribution in [3.05, 3.63) is 48.5 Å². The van der Waals surface area contributed by atoms with Crippen molar-refractivity contribution < 1.29 is 9.13 Å². The molecule has 1 aliphatic heterocycles. The minimum atomic E-state index is -0.262. The Hall–Kier alpha value is -1.94. The molecule has 4 heteroatoms. The molecular weight excluding hydrogens is 279 g/mol. The smallest absolute Gasteiger partial charge is 0.130 e. The van der Waals surface area contributed by atoms with Gasteiger partial charge in [0.25, 0.3) is 0 Å². The van der Waals surface area contributed by atoms with Crippen LogP contribution in [0.15, 0.2) is 42.7 Å². The highest BCUT2D eigenvalue weighted by atomic mass is 19.1. The van der Waals surface area contributed by atoms with Crippen molar-refractivity contribution in [2.24, 2.45) is 11.8 Å². The summed E-state index contributed by atoms with van der Waals surface area (Å²) in [6, 6.07) is 8.61. The van der Waals surface area contributed by atoms with Gasteiger partial charge in [-0.2, -0.15) is 0 Å². The number of hydrogen-bond acceptors (Lipinski definition) is 3. The molecule has 2 heterocycles. The van der Waals surface area contributed by atoms with Crippen LogP contribution in [0.3, 0.4) is 0 Å². The summed E-state index contributed by atoms with van der Waals surface area (Å²) in [5.74, 6) is 1.59. The van der Waals surface area contributed by atoms with Crippen molar-refractivity contribution in [3.8, 4) is 16.9 Å². The van der Waals surface area contributed by atoms with Gasteiger partial charge < -0.3 is 10.1 Å². The van der Waals surface area contributed by atoms with E-state index in [-0.39, 0.29) is 11.9 Å². The van der Waals surface area contributed by atoms with Gasteiger partial charge in [0.1, 0.15) is 17.7 Å². The summed E-state index contributed by atoms with van der Waals surface area (Å²) in [6.07, 6.45) is 5.97. The van der Waals surface area contributed by atoms with Crippen LogP contribution in [0.5, 0.6) is 5.75 Å². The maximum atomic E-state index is 13.7. The molecule has 3 atom stereocenters. The second-order valence-corrected chi connectivity index (χ2v) is 6.29. The van der Waals surface area contributed by atoms with Gasteiger partial charge in [-0.15, -0.1) is 0 Å². The normalized spacial score (nSPS) is 26.9. The molecule has 1 aliphatic carbocycles. The van der Waals surface area contributed by atoms with Crippen LogP contribution in [-0.4, -0.2) is 24.2 Å². The zero-order chi connectivity index (χ0) is 14.9. The number of aromatic nitrogens is 1. The lowest BCUT2D eigenvalue weighted by molar-refractivity contribution is 0.160. The first-order valence-corrected chi connectivity index (χ1v) is 7.87. The number of ether oxygens (including phenoxy) is 1. The minimum absolute atomic E-state index is 0.178. The van der Waals surface area contributed by atoms with Crippen LogP contribution in [0.2, 0.25) is 0 Å². The maximum Gasteiger partial charge on any atom is 0.130 e. The Bertz CT molecular complexity index is 661. The summed E-state index contributed by atoms with van der Waals surface area (Å²) in [6.45, 7) is 2.08. The first kappa shape index (κ1) is 13.7. The lowest BCUT2D eigenvalue weighted by Crippen LogP contribution is -2.34. The standard InChI is InChI=1S/C18H19FN2O/c19-15-3-4-16(13-2-1-5-20-10-13)18(8-15)22-17-7-12-6-14(17)11-21-9-12/h1-5,8,10,12,14,17,21H,6-7,9,11H2. The topological polar surface area (TPSA) is 34.1 Å². The van der Waals surface area contributed by atoms with Gasteiger partial charge in [-0.1, -0.05) is 6.07 Å². The molecule has 1 aromatic heterocycles. The Balaban J connectivity index is 1.65. The number of fused-ring (bicyclic) bond motifs is 2. The predicted molar refractivity (Wildman–Crippen MR) is 83.1 cm³/mol. The zero-order valence-corrected chi connectivity index (χ0v) is 12.3. The van der Waals surface area contributed by atoms with Crippen LogP contribution in [-0.2, 0) is 0 Å². The van der Waals surface area contributed by atoms with E-state index in [9.17, 15) is 4.39 Å². The quantitative estimate of drug-likeness (QED) is 0.944. The molecule has 2 bridgehead atoms. The predicted octanol–water partition coefficient (Wildman–Crippen LogP) is 3.26. The zero-order valence-electron chi connectivity index (χ0n) is 12.3. The van der Waals surface area contributed by atoms with E-state index in [1.807, 2.05) is 12.1 Å². The highest BCUT2D eigenvalue weighted by Crippen LogP contribution is 2.39. The number of rotatable bonds is 3. The third-order valence-corrected chi connectivity index (χ3v) is 4.76. The van der Waals surface area contributed by atoms with Gasteiger partial charge in [-0.3, -0.25) is 4.98 Å². The number of nitrogens with one attached hydrogen (secondary N) is 1. The van der Waals surface area contributed by atoms with Gasteiger partial charge in [0.2, 0.25) is 0 Å². The minimum Gasteiger partial charge on any atom is -0.489 e. The molecule has 2 aromatic rings. The van der Waals surface area contributed by atoms with E-state index in [4.69, 9.17) is 4.74 Å². The lowest BCUT2D eigenvalue weighted by atomic mass is 10.0. The summed E-state index contributed by atoms with van der Waals surface area (Å²) in [7, 11) is 0. The molecule has 2 fully saturated rings. The molecule has 1 aromatic carbocycles. The van der Waals surface area contributed by atoms with Crippen molar-refractivity contribution in [2.75, 3.05) is 13.1 Å². The molecular formula is C18H19FN2O. The summed E-state index contributed by atoms with van der Waals surface area (Å²) < 4.78 is 19.9.